The van der Waals surface area contributed by atoms with Gasteiger partial charge in [0.2, 0.25) is 5.91 Å². The van der Waals surface area contributed by atoms with Crippen LogP contribution in [0.15, 0.2) is 104 Å². The lowest BCUT2D eigenvalue weighted by Crippen LogP contribution is -2.33. The Balaban J connectivity index is 1.27. The zero-order valence-corrected chi connectivity index (χ0v) is 26.9. The maximum Gasteiger partial charge on any atom is 0.226 e. The largest absolute Gasteiger partial charge is 0.497 e. The number of carbonyl (C=O) groups excluding carboxylic acids is 1. The molecule has 4 aromatic heterocycles. The molecule has 0 unspecified atom stereocenters. The third-order valence-electron chi connectivity index (χ3n) is 8.79. The van der Waals surface area contributed by atoms with E-state index in [-0.39, 0.29) is 12.3 Å². The van der Waals surface area contributed by atoms with Crippen LogP contribution >= 0.6 is 0 Å². The standard InChI is InChI=1S/C38H37N7O3/c1-47-29-16-14-26(35(21-29)48-2)24-45-36(17-15-25-22-40-32-12-5-3-10-30(25)32)43-44-38(45)34(42-37(46)20-28-9-7-8-18-39-28)19-27-23-41-33-13-6-4-11-31(27)33/h3-14,16,18,21-23,34,40-41H,15,17,19-20,24H2,1-2H3,(H,42,46)/t34-/m1/s1. The molecule has 4 heterocycles. The minimum Gasteiger partial charge on any atom is -0.497 e. The van der Waals surface area contributed by atoms with Crippen molar-refractivity contribution in [3.05, 3.63) is 138 Å². The summed E-state index contributed by atoms with van der Waals surface area (Å²) in [5.41, 5.74) is 6.07. The number of fused-ring (bicyclic) bond motifs is 2. The fraction of sp³-hybridized carbons (Fsp3) is 0.211. The number of aromatic nitrogens is 6. The molecule has 48 heavy (non-hydrogen) atoms. The average Bonchev–Trinajstić information content (AvgIpc) is 3.85. The van der Waals surface area contributed by atoms with Gasteiger partial charge in [-0.3, -0.25) is 9.78 Å². The summed E-state index contributed by atoms with van der Waals surface area (Å²) in [6, 6.07) is 27.4. The van der Waals surface area contributed by atoms with Crippen LogP contribution in [0.25, 0.3) is 21.8 Å². The summed E-state index contributed by atoms with van der Waals surface area (Å²) in [5.74, 6) is 2.75. The highest BCUT2D eigenvalue weighted by Crippen LogP contribution is 2.29. The van der Waals surface area contributed by atoms with Gasteiger partial charge in [0.05, 0.1) is 33.2 Å². The van der Waals surface area contributed by atoms with Crippen LogP contribution in [0.5, 0.6) is 11.5 Å². The normalized spacial score (nSPS) is 12.0. The smallest absolute Gasteiger partial charge is 0.226 e. The van der Waals surface area contributed by atoms with Gasteiger partial charge in [-0.05, 0) is 53.9 Å². The summed E-state index contributed by atoms with van der Waals surface area (Å²) < 4.78 is 13.4. The average molecular weight is 640 g/mol. The summed E-state index contributed by atoms with van der Waals surface area (Å²) in [6.07, 6.45) is 7.85. The van der Waals surface area contributed by atoms with Crippen LogP contribution in [-0.4, -0.2) is 49.8 Å². The first kappa shape index (κ1) is 30.7. The first-order valence-electron chi connectivity index (χ1n) is 16.0. The van der Waals surface area contributed by atoms with E-state index in [0.717, 1.165) is 39.8 Å². The number of aryl methyl sites for hydroxylation is 2. The molecule has 3 aromatic carbocycles. The zero-order chi connectivity index (χ0) is 32.9. The van der Waals surface area contributed by atoms with Gasteiger partial charge in [0.25, 0.3) is 0 Å². The van der Waals surface area contributed by atoms with Gasteiger partial charge in [0, 0.05) is 70.6 Å². The highest BCUT2D eigenvalue weighted by atomic mass is 16.5. The van der Waals surface area contributed by atoms with Crippen molar-refractivity contribution in [3.63, 3.8) is 0 Å². The van der Waals surface area contributed by atoms with Crippen molar-refractivity contribution in [2.24, 2.45) is 0 Å². The highest BCUT2D eigenvalue weighted by Gasteiger charge is 2.26. The zero-order valence-electron chi connectivity index (χ0n) is 26.9. The number of benzene rings is 3. The molecule has 0 saturated carbocycles. The number of amides is 1. The molecule has 1 atom stereocenters. The number of pyridine rings is 1. The summed E-state index contributed by atoms with van der Waals surface area (Å²) in [6.45, 7) is 0.444. The second-order valence-electron chi connectivity index (χ2n) is 11.8. The molecule has 0 aliphatic rings. The van der Waals surface area contributed by atoms with Crippen molar-refractivity contribution >= 4 is 27.7 Å². The molecule has 0 spiro atoms. The Morgan fingerprint density at radius 1 is 0.812 bits per heavy atom. The molecule has 7 rings (SSSR count). The highest BCUT2D eigenvalue weighted by molar-refractivity contribution is 5.84. The molecule has 7 aromatic rings. The number of hydrogen-bond donors (Lipinski definition) is 3. The number of carbonyl (C=O) groups is 1. The van der Waals surface area contributed by atoms with E-state index in [1.807, 2.05) is 60.8 Å². The first-order chi connectivity index (χ1) is 23.6. The second kappa shape index (κ2) is 13.8. The SMILES string of the molecule is COc1ccc(Cn2c(CCc3c[nH]c4ccccc34)nnc2[C@@H](Cc2c[nH]c3ccccc23)NC(=O)Cc2ccccn2)c(OC)c1. The molecule has 0 saturated heterocycles. The number of ether oxygens (including phenoxy) is 2. The number of hydrogen-bond acceptors (Lipinski definition) is 6. The van der Waals surface area contributed by atoms with Crippen LogP contribution in [0.1, 0.15) is 40.1 Å². The molecule has 1 amide bonds. The molecule has 0 aliphatic carbocycles. The van der Waals surface area contributed by atoms with Gasteiger partial charge in [0.1, 0.15) is 17.3 Å². The van der Waals surface area contributed by atoms with E-state index in [0.29, 0.717) is 42.4 Å². The Morgan fingerprint density at radius 3 is 2.27 bits per heavy atom. The van der Waals surface area contributed by atoms with Crippen LogP contribution in [0.3, 0.4) is 0 Å². The maximum atomic E-state index is 13.6. The molecule has 0 bridgehead atoms. The van der Waals surface area contributed by atoms with Gasteiger partial charge in [-0.15, -0.1) is 10.2 Å². The number of H-pyrrole nitrogens is 2. The first-order valence-corrected chi connectivity index (χ1v) is 16.0. The molecule has 10 heteroatoms. The number of rotatable bonds is 13. The van der Waals surface area contributed by atoms with E-state index in [9.17, 15) is 4.79 Å². The number of aromatic amines is 2. The third-order valence-corrected chi connectivity index (χ3v) is 8.79. The minimum absolute atomic E-state index is 0.143. The van der Waals surface area contributed by atoms with E-state index in [1.165, 1.54) is 10.9 Å². The molecule has 0 fully saturated rings. The molecule has 0 aliphatic heterocycles. The topological polar surface area (TPSA) is 123 Å². The fourth-order valence-electron chi connectivity index (χ4n) is 6.34. The third kappa shape index (κ3) is 6.50. The number of para-hydroxylation sites is 2. The summed E-state index contributed by atoms with van der Waals surface area (Å²) in [4.78, 5) is 24.7. The van der Waals surface area contributed by atoms with Gasteiger partial charge < -0.3 is 29.3 Å². The molecule has 0 radical (unpaired) electrons. The molecule has 3 N–H and O–H groups in total. The number of nitrogens with one attached hydrogen (secondary N) is 3. The fourth-order valence-corrected chi connectivity index (χ4v) is 6.34. The van der Waals surface area contributed by atoms with Gasteiger partial charge in [-0.25, -0.2) is 0 Å². The van der Waals surface area contributed by atoms with E-state index in [4.69, 9.17) is 19.7 Å². The maximum absolute atomic E-state index is 13.6. The van der Waals surface area contributed by atoms with Gasteiger partial charge >= 0.3 is 0 Å². The van der Waals surface area contributed by atoms with Crippen molar-refractivity contribution in [2.75, 3.05) is 14.2 Å². The van der Waals surface area contributed by atoms with Crippen LogP contribution < -0.4 is 14.8 Å². The molecular formula is C38H37N7O3. The van der Waals surface area contributed by atoms with E-state index < -0.39 is 6.04 Å². The Morgan fingerprint density at radius 2 is 1.54 bits per heavy atom. The number of methoxy groups -OCH3 is 2. The van der Waals surface area contributed by atoms with Crippen LogP contribution in [0, 0.1) is 0 Å². The summed E-state index contributed by atoms with van der Waals surface area (Å²) >= 11 is 0. The Hall–Kier alpha value is -5.90. The molecule has 10 nitrogen and oxygen atoms in total. The van der Waals surface area contributed by atoms with E-state index in [2.05, 4.69) is 61.4 Å². The lowest BCUT2D eigenvalue weighted by atomic mass is 10.0. The van der Waals surface area contributed by atoms with Crippen molar-refractivity contribution in [2.45, 2.75) is 38.3 Å². The van der Waals surface area contributed by atoms with Gasteiger partial charge in [-0.1, -0.05) is 42.5 Å². The minimum atomic E-state index is -0.473. The molecular weight excluding hydrogens is 602 g/mol. The van der Waals surface area contributed by atoms with Crippen molar-refractivity contribution in [1.82, 2.24) is 35.0 Å². The Labute approximate surface area is 278 Å². The Bertz CT molecular complexity index is 2170. The second-order valence-corrected chi connectivity index (χ2v) is 11.8. The van der Waals surface area contributed by atoms with E-state index >= 15 is 0 Å². The lowest BCUT2D eigenvalue weighted by Gasteiger charge is -2.21. The quantitative estimate of drug-likeness (QED) is 0.140. The van der Waals surface area contributed by atoms with Gasteiger partial charge in [-0.2, -0.15) is 0 Å². The summed E-state index contributed by atoms with van der Waals surface area (Å²) in [5, 5.41) is 15.1. The van der Waals surface area contributed by atoms with Gasteiger partial charge in [0.15, 0.2) is 5.82 Å². The van der Waals surface area contributed by atoms with E-state index in [1.54, 1.807) is 20.4 Å². The van der Waals surface area contributed by atoms with Crippen molar-refractivity contribution in [3.8, 4) is 11.5 Å². The predicted octanol–water partition coefficient (Wildman–Crippen LogP) is 6.13. The van der Waals surface area contributed by atoms with Crippen molar-refractivity contribution < 1.29 is 14.3 Å². The molecule has 242 valence electrons. The van der Waals surface area contributed by atoms with Crippen molar-refractivity contribution in [1.29, 1.82) is 0 Å². The van der Waals surface area contributed by atoms with Crippen LogP contribution in [0.4, 0.5) is 0 Å². The van der Waals surface area contributed by atoms with Crippen LogP contribution in [0.2, 0.25) is 0 Å². The van der Waals surface area contributed by atoms with Crippen LogP contribution in [-0.2, 0) is 37.0 Å². The Kier molecular flexibility index (Phi) is 8.86. The monoisotopic (exact) mass is 639 g/mol. The lowest BCUT2D eigenvalue weighted by molar-refractivity contribution is -0.121. The predicted molar refractivity (Wildman–Crippen MR) is 185 cm³/mol. The summed E-state index contributed by atoms with van der Waals surface area (Å²) in [7, 11) is 3.29. The number of nitrogens with zero attached hydrogens (tertiary/aromatic N) is 4.